The SMILES string of the molecule is Cc1nc(Cn2cnc(=N)c3[nH]cnc32)cs1. The third kappa shape index (κ3) is 1.74. The molecule has 0 saturated carbocycles. The summed E-state index contributed by atoms with van der Waals surface area (Å²) in [7, 11) is 0. The second-order valence-electron chi connectivity index (χ2n) is 3.68. The van der Waals surface area contributed by atoms with Crippen LogP contribution in [0.15, 0.2) is 18.0 Å². The van der Waals surface area contributed by atoms with Crippen LogP contribution < -0.4 is 5.49 Å². The van der Waals surface area contributed by atoms with Gasteiger partial charge in [-0.3, -0.25) is 5.41 Å². The van der Waals surface area contributed by atoms with Gasteiger partial charge in [0.15, 0.2) is 11.1 Å². The average Bonchev–Trinajstić information content (AvgIpc) is 2.92. The Balaban J connectivity index is 2.09. The molecule has 0 atom stereocenters. The monoisotopic (exact) mass is 246 g/mol. The molecule has 17 heavy (non-hydrogen) atoms. The van der Waals surface area contributed by atoms with E-state index in [1.165, 1.54) is 0 Å². The fraction of sp³-hybridized carbons (Fsp3) is 0.200. The maximum atomic E-state index is 7.65. The smallest absolute Gasteiger partial charge is 0.173 e. The molecule has 3 rings (SSSR count). The van der Waals surface area contributed by atoms with Gasteiger partial charge < -0.3 is 9.55 Å². The Morgan fingerprint density at radius 1 is 1.47 bits per heavy atom. The van der Waals surface area contributed by atoms with Crippen LogP contribution in [0.4, 0.5) is 0 Å². The summed E-state index contributed by atoms with van der Waals surface area (Å²) in [5.41, 5.74) is 2.58. The molecular formula is C10H10N6S. The molecule has 6 nitrogen and oxygen atoms in total. The predicted molar refractivity (Wildman–Crippen MR) is 63.7 cm³/mol. The topological polar surface area (TPSA) is 83.2 Å². The molecule has 0 aliphatic heterocycles. The van der Waals surface area contributed by atoms with Crippen molar-refractivity contribution in [1.82, 2.24) is 24.5 Å². The van der Waals surface area contributed by atoms with Crippen molar-refractivity contribution in [3.63, 3.8) is 0 Å². The van der Waals surface area contributed by atoms with Crippen molar-refractivity contribution >= 4 is 22.5 Å². The second kappa shape index (κ2) is 3.77. The molecule has 7 heteroatoms. The average molecular weight is 246 g/mol. The highest BCUT2D eigenvalue weighted by molar-refractivity contribution is 7.09. The van der Waals surface area contributed by atoms with Crippen molar-refractivity contribution in [2.45, 2.75) is 13.5 Å². The highest BCUT2D eigenvalue weighted by Crippen LogP contribution is 2.11. The molecule has 0 unspecified atom stereocenters. The zero-order chi connectivity index (χ0) is 11.8. The van der Waals surface area contributed by atoms with Gasteiger partial charge in [-0.2, -0.15) is 0 Å². The Morgan fingerprint density at radius 2 is 2.35 bits per heavy atom. The van der Waals surface area contributed by atoms with E-state index in [0.29, 0.717) is 12.1 Å². The minimum absolute atomic E-state index is 0.211. The molecule has 0 fully saturated rings. The highest BCUT2D eigenvalue weighted by Gasteiger charge is 2.06. The standard InChI is InChI=1S/C10H10N6S/c1-6-15-7(3-17-6)2-16-5-14-9(11)8-10(16)13-4-12-8/h3-5,11H,2H2,1H3,(H,12,13). The molecule has 0 spiro atoms. The Hall–Kier alpha value is -2.02. The number of nitrogens with zero attached hydrogens (tertiary/aromatic N) is 4. The summed E-state index contributed by atoms with van der Waals surface area (Å²) >= 11 is 1.62. The zero-order valence-corrected chi connectivity index (χ0v) is 9.95. The van der Waals surface area contributed by atoms with Crippen molar-refractivity contribution in [3.05, 3.63) is 34.2 Å². The van der Waals surface area contributed by atoms with Crippen molar-refractivity contribution in [2.24, 2.45) is 0 Å². The summed E-state index contributed by atoms with van der Waals surface area (Å²) < 4.78 is 1.89. The summed E-state index contributed by atoms with van der Waals surface area (Å²) in [5.74, 6) is 0. The Morgan fingerprint density at radius 3 is 3.12 bits per heavy atom. The number of hydrogen-bond donors (Lipinski definition) is 2. The molecule has 0 aliphatic carbocycles. The molecule has 0 bridgehead atoms. The maximum absolute atomic E-state index is 7.65. The Bertz CT molecular complexity index is 722. The molecule has 0 saturated heterocycles. The summed E-state index contributed by atoms with van der Waals surface area (Å²) in [5, 5.41) is 10.7. The van der Waals surface area contributed by atoms with Gasteiger partial charge in [-0.15, -0.1) is 11.3 Å². The number of aryl methyl sites for hydroxylation is 1. The number of nitrogens with one attached hydrogen (secondary N) is 2. The molecule has 0 radical (unpaired) electrons. The first-order valence-corrected chi connectivity index (χ1v) is 5.96. The second-order valence-corrected chi connectivity index (χ2v) is 4.74. The van der Waals surface area contributed by atoms with Crippen molar-refractivity contribution in [2.75, 3.05) is 0 Å². The van der Waals surface area contributed by atoms with Gasteiger partial charge in [0.25, 0.3) is 0 Å². The van der Waals surface area contributed by atoms with Gasteiger partial charge in [-0.1, -0.05) is 0 Å². The van der Waals surface area contributed by atoms with Crippen LogP contribution in [0.1, 0.15) is 10.7 Å². The van der Waals surface area contributed by atoms with Gasteiger partial charge in [0.2, 0.25) is 0 Å². The van der Waals surface area contributed by atoms with Gasteiger partial charge >= 0.3 is 0 Å². The number of thiazole rings is 1. The van der Waals surface area contributed by atoms with Crippen LogP contribution in [0.2, 0.25) is 0 Å². The van der Waals surface area contributed by atoms with E-state index < -0.39 is 0 Å². The molecule has 3 aromatic heterocycles. The first kappa shape index (κ1) is 10.2. The number of H-pyrrole nitrogens is 1. The predicted octanol–water partition coefficient (Wildman–Crippen LogP) is 1.05. The molecular weight excluding hydrogens is 236 g/mol. The molecule has 0 aromatic carbocycles. The number of hydrogen-bond acceptors (Lipinski definition) is 5. The summed E-state index contributed by atoms with van der Waals surface area (Å²) in [6.45, 7) is 2.60. The zero-order valence-electron chi connectivity index (χ0n) is 9.14. The number of aromatic nitrogens is 5. The maximum Gasteiger partial charge on any atom is 0.173 e. The van der Waals surface area contributed by atoms with Gasteiger partial charge in [-0.25, -0.2) is 15.0 Å². The van der Waals surface area contributed by atoms with Crippen LogP contribution in [0.5, 0.6) is 0 Å². The number of fused-ring (bicyclic) bond motifs is 1. The van der Waals surface area contributed by atoms with Crippen molar-refractivity contribution in [1.29, 1.82) is 5.41 Å². The normalized spacial score (nSPS) is 11.1. The number of rotatable bonds is 2. The van der Waals surface area contributed by atoms with Crippen LogP contribution >= 0.6 is 11.3 Å². The van der Waals surface area contributed by atoms with E-state index in [1.54, 1.807) is 24.0 Å². The largest absolute Gasteiger partial charge is 0.340 e. The lowest BCUT2D eigenvalue weighted by atomic mass is 10.4. The van der Waals surface area contributed by atoms with Gasteiger partial charge in [0.1, 0.15) is 5.52 Å². The van der Waals surface area contributed by atoms with Gasteiger partial charge in [0.05, 0.1) is 29.9 Å². The van der Waals surface area contributed by atoms with Gasteiger partial charge in [-0.05, 0) is 6.92 Å². The van der Waals surface area contributed by atoms with Crippen LogP contribution in [-0.2, 0) is 6.54 Å². The third-order valence-electron chi connectivity index (χ3n) is 2.45. The molecule has 0 aliphatic rings. The summed E-state index contributed by atoms with van der Waals surface area (Å²) in [6, 6.07) is 0. The first-order chi connectivity index (χ1) is 8.24. The van der Waals surface area contributed by atoms with Crippen molar-refractivity contribution in [3.8, 4) is 0 Å². The van der Waals surface area contributed by atoms with E-state index in [9.17, 15) is 0 Å². The van der Waals surface area contributed by atoms with E-state index in [1.807, 2.05) is 16.9 Å². The summed E-state index contributed by atoms with van der Waals surface area (Å²) in [6.07, 6.45) is 3.20. The van der Waals surface area contributed by atoms with E-state index in [4.69, 9.17) is 5.41 Å². The molecule has 86 valence electrons. The molecule has 3 heterocycles. The number of aromatic amines is 1. The number of imidazole rings is 1. The van der Waals surface area contributed by atoms with E-state index in [2.05, 4.69) is 19.9 Å². The van der Waals surface area contributed by atoms with E-state index in [0.717, 1.165) is 16.3 Å². The lowest BCUT2D eigenvalue weighted by Crippen LogP contribution is -2.13. The van der Waals surface area contributed by atoms with Crippen LogP contribution in [0.25, 0.3) is 11.2 Å². The molecule has 0 amide bonds. The summed E-state index contributed by atoms with van der Waals surface area (Å²) in [4.78, 5) is 15.5. The van der Waals surface area contributed by atoms with Crippen LogP contribution in [-0.4, -0.2) is 24.5 Å². The lowest BCUT2D eigenvalue weighted by molar-refractivity contribution is 0.766. The lowest BCUT2D eigenvalue weighted by Gasteiger charge is -2.04. The fourth-order valence-electron chi connectivity index (χ4n) is 1.70. The molecule has 3 aromatic rings. The minimum atomic E-state index is 0.211. The van der Waals surface area contributed by atoms with Gasteiger partial charge in [0, 0.05) is 5.38 Å². The first-order valence-electron chi connectivity index (χ1n) is 5.08. The van der Waals surface area contributed by atoms with E-state index in [-0.39, 0.29) is 5.49 Å². The Kier molecular flexibility index (Phi) is 2.25. The van der Waals surface area contributed by atoms with Crippen molar-refractivity contribution < 1.29 is 0 Å². The van der Waals surface area contributed by atoms with Crippen LogP contribution in [0, 0.1) is 12.3 Å². The van der Waals surface area contributed by atoms with E-state index >= 15 is 0 Å². The fourth-order valence-corrected chi connectivity index (χ4v) is 2.30. The Labute approximate surface area is 101 Å². The minimum Gasteiger partial charge on any atom is -0.340 e. The molecule has 2 N–H and O–H groups in total. The quantitative estimate of drug-likeness (QED) is 0.709. The highest BCUT2D eigenvalue weighted by atomic mass is 32.1. The third-order valence-corrected chi connectivity index (χ3v) is 3.28. The van der Waals surface area contributed by atoms with Crippen LogP contribution in [0.3, 0.4) is 0 Å².